The van der Waals surface area contributed by atoms with Crippen molar-refractivity contribution in [3.05, 3.63) is 94.0 Å². The Morgan fingerprint density at radius 3 is 1.29 bits per heavy atom. The Balaban J connectivity index is 1.34. The Morgan fingerprint density at radius 2 is 0.905 bits per heavy atom. The van der Waals surface area contributed by atoms with Gasteiger partial charge in [-0.05, 0) is 73.2 Å². The molecule has 0 aliphatic carbocycles. The maximum atomic E-state index is 12.2. The number of carbonyl (C=O) groups is 4. The molecule has 0 saturated carbocycles. The Hall–Kier alpha value is -5.12. The molecule has 0 fully saturated rings. The van der Waals surface area contributed by atoms with Gasteiger partial charge in [-0.2, -0.15) is 10.2 Å². The lowest BCUT2D eigenvalue weighted by molar-refractivity contribution is -0.124. The Bertz CT molecular complexity index is 1380. The van der Waals surface area contributed by atoms with Crippen molar-refractivity contribution in [1.82, 2.24) is 10.9 Å². The Labute approximate surface area is 245 Å². The van der Waals surface area contributed by atoms with Gasteiger partial charge in [-0.1, -0.05) is 48.5 Å². The largest absolute Gasteiger partial charge is 0.326 e. The van der Waals surface area contributed by atoms with Crippen LogP contribution in [0.1, 0.15) is 59.1 Å². The zero-order chi connectivity index (χ0) is 30.5. The van der Waals surface area contributed by atoms with E-state index < -0.39 is 0 Å². The molecule has 3 aromatic rings. The van der Waals surface area contributed by atoms with Crippen molar-refractivity contribution in [3.8, 4) is 0 Å². The molecule has 42 heavy (non-hydrogen) atoms. The summed E-state index contributed by atoms with van der Waals surface area (Å²) in [6.07, 6.45) is 3.07. The van der Waals surface area contributed by atoms with Gasteiger partial charge in [-0.15, -0.1) is 0 Å². The Kier molecular flexibility index (Phi) is 11.7. The quantitative estimate of drug-likeness (QED) is 0.186. The van der Waals surface area contributed by atoms with Crippen LogP contribution < -0.4 is 21.5 Å². The van der Waals surface area contributed by atoms with Gasteiger partial charge in [0.25, 0.3) is 0 Å². The third-order valence-corrected chi connectivity index (χ3v) is 6.23. The number of amides is 4. The summed E-state index contributed by atoms with van der Waals surface area (Å²) in [5, 5.41) is 13.5. The normalized spacial score (nSPS) is 11.0. The molecule has 0 aliphatic rings. The van der Waals surface area contributed by atoms with Gasteiger partial charge in [0.05, 0.1) is 12.4 Å². The highest BCUT2D eigenvalue weighted by atomic mass is 16.2. The van der Waals surface area contributed by atoms with E-state index in [2.05, 4.69) is 31.7 Å². The van der Waals surface area contributed by atoms with Crippen molar-refractivity contribution in [3.63, 3.8) is 0 Å². The SMILES string of the molecule is Cc1ccc(C)c(NC(=O)CCC(=O)NN=Cc2ccc(C=NNC(=O)CCC(=O)Nc3cc(C)ccc3C)cc2)c1. The number of aryl methyl sites for hydroxylation is 4. The minimum atomic E-state index is -0.371. The zero-order valence-electron chi connectivity index (χ0n) is 24.3. The number of hydrazone groups is 2. The predicted molar refractivity (Wildman–Crippen MR) is 165 cm³/mol. The first-order chi connectivity index (χ1) is 20.1. The van der Waals surface area contributed by atoms with Gasteiger partial charge >= 0.3 is 0 Å². The van der Waals surface area contributed by atoms with Crippen molar-refractivity contribution in [2.45, 2.75) is 53.4 Å². The van der Waals surface area contributed by atoms with Gasteiger partial charge in [0.15, 0.2) is 0 Å². The van der Waals surface area contributed by atoms with Crippen LogP contribution in [0.25, 0.3) is 0 Å². The van der Waals surface area contributed by atoms with E-state index in [1.54, 1.807) is 24.3 Å². The molecular formula is C32H36N6O4. The van der Waals surface area contributed by atoms with Crippen LogP contribution in [0, 0.1) is 27.7 Å². The summed E-state index contributed by atoms with van der Waals surface area (Å²) < 4.78 is 0. The number of rotatable bonds is 12. The molecule has 10 heteroatoms. The number of nitrogens with zero attached hydrogens (tertiary/aromatic N) is 2. The summed E-state index contributed by atoms with van der Waals surface area (Å²) in [6.45, 7) is 7.71. The molecule has 0 bridgehead atoms. The summed E-state index contributed by atoms with van der Waals surface area (Å²) >= 11 is 0. The van der Waals surface area contributed by atoms with Crippen LogP contribution in [0.2, 0.25) is 0 Å². The molecule has 0 saturated heterocycles. The predicted octanol–water partition coefficient (Wildman–Crippen LogP) is 4.66. The average Bonchev–Trinajstić information content (AvgIpc) is 2.95. The first-order valence-corrected chi connectivity index (χ1v) is 13.6. The standard InChI is InChI=1S/C32H36N6O4/c1-21-5-7-23(3)27(17-21)35-29(39)13-15-31(41)37-33-19-25-9-11-26(12-10-25)20-34-38-32(42)16-14-30(40)36-28-18-22(2)6-8-24(28)4/h5-12,17-20H,13-16H2,1-4H3,(H,35,39)(H,36,40)(H,37,41)(H,38,42). The van der Waals surface area contributed by atoms with E-state index in [-0.39, 0.29) is 49.3 Å². The topological polar surface area (TPSA) is 141 Å². The summed E-state index contributed by atoms with van der Waals surface area (Å²) in [5.74, 6) is -1.22. The molecule has 3 aromatic carbocycles. The molecular weight excluding hydrogens is 532 g/mol. The fourth-order valence-electron chi connectivity index (χ4n) is 3.76. The minimum Gasteiger partial charge on any atom is -0.326 e. The van der Waals surface area contributed by atoms with Crippen LogP contribution in [0.15, 0.2) is 70.9 Å². The van der Waals surface area contributed by atoms with E-state index in [4.69, 9.17) is 0 Å². The van der Waals surface area contributed by atoms with E-state index >= 15 is 0 Å². The van der Waals surface area contributed by atoms with E-state index in [1.165, 1.54) is 12.4 Å². The highest BCUT2D eigenvalue weighted by Gasteiger charge is 2.09. The molecule has 10 nitrogen and oxygen atoms in total. The number of anilines is 2. The highest BCUT2D eigenvalue weighted by Crippen LogP contribution is 2.17. The third-order valence-electron chi connectivity index (χ3n) is 6.23. The first kappa shape index (κ1) is 31.4. The van der Waals surface area contributed by atoms with Crippen LogP contribution in [0.3, 0.4) is 0 Å². The number of benzene rings is 3. The van der Waals surface area contributed by atoms with Gasteiger partial charge in [-0.25, -0.2) is 10.9 Å². The molecule has 0 radical (unpaired) electrons. The number of carbonyl (C=O) groups excluding carboxylic acids is 4. The summed E-state index contributed by atoms with van der Waals surface area (Å²) in [4.78, 5) is 48.5. The van der Waals surface area contributed by atoms with E-state index in [0.29, 0.717) is 0 Å². The average molecular weight is 569 g/mol. The second kappa shape index (κ2) is 15.6. The van der Waals surface area contributed by atoms with Crippen LogP contribution in [0.4, 0.5) is 11.4 Å². The minimum absolute atomic E-state index is 0.00618. The molecule has 0 spiro atoms. The van der Waals surface area contributed by atoms with Crippen LogP contribution in [-0.2, 0) is 19.2 Å². The molecule has 0 unspecified atom stereocenters. The lowest BCUT2D eigenvalue weighted by atomic mass is 10.1. The van der Waals surface area contributed by atoms with Gasteiger partial charge in [0, 0.05) is 37.1 Å². The van der Waals surface area contributed by atoms with Crippen LogP contribution >= 0.6 is 0 Å². The fourth-order valence-corrected chi connectivity index (χ4v) is 3.76. The van der Waals surface area contributed by atoms with Gasteiger partial charge in [-0.3, -0.25) is 19.2 Å². The highest BCUT2D eigenvalue weighted by molar-refractivity contribution is 5.95. The summed E-state index contributed by atoms with van der Waals surface area (Å²) in [6, 6.07) is 18.7. The molecule has 4 amide bonds. The molecule has 218 valence electrons. The summed E-state index contributed by atoms with van der Waals surface area (Å²) in [7, 11) is 0. The maximum Gasteiger partial charge on any atom is 0.240 e. The van der Waals surface area contributed by atoms with Gasteiger partial charge < -0.3 is 10.6 Å². The third kappa shape index (κ3) is 10.8. The lowest BCUT2D eigenvalue weighted by Gasteiger charge is -2.09. The van der Waals surface area contributed by atoms with Gasteiger partial charge in [0.2, 0.25) is 23.6 Å². The monoisotopic (exact) mass is 568 g/mol. The summed E-state index contributed by atoms with van der Waals surface area (Å²) in [5.41, 5.74) is 11.8. The molecule has 0 heterocycles. The van der Waals surface area contributed by atoms with Crippen LogP contribution in [-0.4, -0.2) is 36.1 Å². The second-order valence-corrected chi connectivity index (χ2v) is 9.99. The molecule has 0 aliphatic heterocycles. The maximum absolute atomic E-state index is 12.2. The van der Waals surface area contributed by atoms with Crippen molar-refractivity contribution in [2.75, 3.05) is 10.6 Å². The van der Waals surface area contributed by atoms with Crippen molar-refractivity contribution in [1.29, 1.82) is 0 Å². The Morgan fingerprint density at radius 1 is 0.548 bits per heavy atom. The number of nitrogens with one attached hydrogen (secondary N) is 4. The van der Waals surface area contributed by atoms with Crippen LogP contribution in [0.5, 0.6) is 0 Å². The van der Waals surface area contributed by atoms with E-state index in [0.717, 1.165) is 44.8 Å². The zero-order valence-corrected chi connectivity index (χ0v) is 24.3. The number of hydrogen-bond donors (Lipinski definition) is 4. The van der Waals surface area contributed by atoms with E-state index in [1.807, 2.05) is 64.1 Å². The van der Waals surface area contributed by atoms with Crippen molar-refractivity contribution >= 4 is 47.4 Å². The fraction of sp³-hybridized carbons (Fsp3) is 0.250. The number of hydrogen-bond acceptors (Lipinski definition) is 6. The van der Waals surface area contributed by atoms with E-state index in [9.17, 15) is 19.2 Å². The molecule has 3 rings (SSSR count). The molecule has 0 atom stereocenters. The lowest BCUT2D eigenvalue weighted by Crippen LogP contribution is -2.21. The smallest absolute Gasteiger partial charge is 0.240 e. The molecule has 0 aromatic heterocycles. The second-order valence-electron chi connectivity index (χ2n) is 9.99. The molecule has 4 N–H and O–H groups in total. The van der Waals surface area contributed by atoms with Crippen molar-refractivity contribution in [2.24, 2.45) is 10.2 Å². The van der Waals surface area contributed by atoms with Gasteiger partial charge in [0.1, 0.15) is 0 Å². The van der Waals surface area contributed by atoms with Crippen molar-refractivity contribution < 1.29 is 19.2 Å². The first-order valence-electron chi connectivity index (χ1n) is 13.6.